The van der Waals surface area contributed by atoms with Crippen molar-refractivity contribution in [2.24, 2.45) is 13.0 Å². The van der Waals surface area contributed by atoms with Crippen LogP contribution in [0.2, 0.25) is 0 Å². The summed E-state index contributed by atoms with van der Waals surface area (Å²) in [6.07, 6.45) is 7.47. The van der Waals surface area contributed by atoms with E-state index in [-0.39, 0.29) is 5.60 Å². The molecule has 22 heavy (non-hydrogen) atoms. The largest absolute Gasteiger partial charge is 0.383 e. The number of ether oxygens (including phenoxy) is 2. The van der Waals surface area contributed by atoms with E-state index in [2.05, 4.69) is 15.3 Å². The normalized spacial score (nSPS) is 29.3. The third-order valence-corrected chi connectivity index (χ3v) is 4.82. The molecule has 2 atom stereocenters. The van der Waals surface area contributed by atoms with Gasteiger partial charge in [0, 0.05) is 45.9 Å². The fourth-order valence-corrected chi connectivity index (χ4v) is 3.73. The minimum Gasteiger partial charge on any atom is -0.383 e. The van der Waals surface area contributed by atoms with E-state index in [0.717, 1.165) is 45.0 Å². The lowest BCUT2D eigenvalue weighted by atomic mass is 9.86. The molecule has 0 bridgehead atoms. The Bertz CT molecular complexity index is 478. The van der Waals surface area contributed by atoms with E-state index in [4.69, 9.17) is 9.47 Å². The summed E-state index contributed by atoms with van der Waals surface area (Å²) < 4.78 is 13.3. The molecule has 0 aromatic carbocycles. The zero-order chi connectivity index (χ0) is 15.4. The monoisotopic (exact) mass is 308 g/mol. The van der Waals surface area contributed by atoms with Gasteiger partial charge in [-0.3, -0.25) is 9.58 Å². The Hall–Kier alpha value is -1.11. The molecule has 1 spiro atoms. The number of aromatic nitrogens is 2. The van der Waals surface area contributed by atoms with Gasteiger partial charge in [0.2, 0.25) is 0 Å². The molecule has 1 N–H and O–H groups in total. The first-order chi connectivity index (χ1) is 10.7. The first-order valence-corrected chi connectivity index (χ1v) is 8.27. The van der Waals surface area contributed by atoms with Crippen LogP contribution in [0.15, 0.2) is 12.4 Å². The molecule has 0 aliphatic carbocycles. The Labute approximate surface area is 132 Å². The van der Waals surface area contributed by atoms with E-state index in [1.54, 1.807) is 7.11 Å². The molecule has 124 valence electrons. The van der Waals surface area contributed by atoms with Crippen LogP contribution in [0.3, 0.4) is 0 Å². The maximum absolute atomic E-state index is 6.25. The fraction of sp³-hybridized carbons (Fsp3) is 0.812. The van der Waals surface area contributed by atoms with Gasteiger partial charge < -0.3 is 14.8 Å². The summed E-state index contributed by atoms with van der Waals surface area (Å²) >= 11 is 0. The van der Waals surface area contributed by atoms with Gasteiger partial charge in [-0.05, 0) is 25.8 Å². The van der Waals surface area contributed by atoms with Crippen molar-refractivity contribution in [3.8, 4) is 0 Å². The highest BCUT2D eigenvalue weighted by Crippen LogP contribution is 2.37. The van der Waals surface area contributed by atoms with Crippen molar-refractivity contribution in [3.05, 3.63) is 12.4 Å². The van der Waals surface area contributed by atoms with Gasteiger partial charge in [-0.2, -0.15) is 5.10 Å². The lowest BCUT2D eigenvalue weighted by Gasteiger charge is -2.39. The predicted molar refractivity (Wildman–Crippen MR) is 86.0 cm³/mol. The lowest BCUT2D eigenvalue weighted by molar-refractivity contribution is -0.0548. The smallest absolute Gasteiger partial charge is 0.0813 e. The van der Waals surface area contributed by atoms with Crippen LogP contribution in [0, 0.1) is 5.92 Å². The fourth-order valence-electron chi connectivity index (χ4n) is 3.73. The molecular weight excluding hydrogens is 280 g/mol. The summed E-state index contributed by atoms with van der Waals surface area (Å²) in [6, 6.07) is 0. The maximum Gasteiger partial charge on any atom is 0.0813 e. The number of nitrogens with zero attached hydrogens (tertiary/aromatic N) is 3. The number of hydrogen-bond acceptors (Lipinski definition) is 5. The molecule has 6 heteroatoms. The molecule has 3 rings (SSSR count). The molecule has 6 nitrogen and oxygen atoms in total. The van der Waals surface area contributed by atoms with Gasteiger partial charge in [-0.15, -0.1) is 0 Å². The quantitative estimate of drug-likeness (QED) is 0.860. The Morgan fingerprint density at radius 2 is 2.45 bits per heavy atom. The molecule has 2 aliphatic rings. The molecule has 2 saturated heterocycles. The minimum absolute atomic E-state index is 0.0767. The topological polar surface area (TPSA) is 51.5 Å². The SMILES string of the molecule is COCCN1CCCC2(CC(CNc3cnn(C)c3)CO2)C1. The van der Waals surface area contributed by atoms with Crippen LogP contribution in [0.4, 0.5) is 5.69 Å². The second kappa shape index (κ2) is 6.98. The van der Waals surface area contributed by atoms with Crippen LogP contribution in [-0.2, 0) is 16.5 Å². The first kappa shape index (κ1) is 15.8. The van der Waals surface area contributed by atoms with Crippen molar-refractivity contribution in [1.29, 1.82) is 0 Å². The Morgan fingerprint density at radius 1 is 1.55 bits per heavy atom. The van der Waals surface area contributed by atoms with Crippen molar-refractivity contribution >= 4 is 5.69 Å². The summed E-state index contributed by atoms with van der Waals surface area (Å²) in [7, 11) is 3.71. The number of hydrogen-bond donors (Lipinski definition) is 1. The van der Waals surface area contributed by atoms with Gasteiger partial charge in [-0.1, -0.05) is 0 Å². The molecule has 0 radical (unpaired) electrons. The Balaban J connectivity index is 1.48. The first-order valence-electron chi connectivity index (χ1n) is 8.27. The number of piperidine rings is 1. The molecule has 1 aromatic heterocycles. The third-order valence-electron chi connectivity index (χ3n) is 4.82. The van der Waals surface area contributed by atoms with Crippen LogP contribution in [0.1, 0.15) is 19.3 Å². The van der Waals surface area contributed by atoms with Gasteiger partial charge in [0.1, 0.15) is 0 Å². The third kappa shape index (κ3) is 3.80. The highest BCUT2D eigenvalue weighted by atomic mass is 16.5. The summed E-state index contributed by atoms with van der Waals surface area (Å²) in [6.45, 7) is 5.88. The van der Waals surface area contributed by atoms with Crippen molar-refractivity contribution in [3.63, 3.8) is 0 Å². The minimum atomic E-state index is 0.0767. The number of aryl methyl sites for hydroxylation is 1. The molecule has 0 amide bonds. The summed E-state index contributed by atoms with van der Waals surface area (Å²) in [5, 5.41) is 7.67. The molecule has 3 heterocycles. The maximum atomic E-state index is 6.25. The van der Waals surface area contributed by atoms with Crippen LogP contribution in [-0.4, -0.2) is 66.8 Å². The highest BCUT2D eigenvalue weighted by Gasteiger charge is 2.43. The van der Waals surface area contributed by atoms with E-state index in [0.29, 0.717) is 5.92 Å². The second-order valence-electron chi connectivity index (χ2n) is 6.72. The predicted octanol–water partition coefficient (Wildman–Crippen LogP) is 1.35. The standard InChI is InChI=1S/C16H28N4O2/c1-19-11-15(10-18-19)17-9-14-8-16(22-12-14)4-3-5-20(13-16)6-7-21-2/h10-11,14,17H,3-9,12-13H2,1-2H3. The molecular formula is C16H28N4O2. The molecule has 2 aliphatic heterocycles. The zero-order valence-corrected chi connectivity index (χ0v) is 13.8. The van der Waals surface area contributed by atoms with E-state index >= 15 is 0 Å². The van der Waals surface area contributed by atoms with Gasteiger partial charge >= 0.3 is 0 Å². The van der Waals surface area contributed by atoms with Crippen LogP contribution < -0.4 is 5.32 Å². The molecule has 2 unspecified atom stereocenters. The zero-order valence-electron chi connectivity index (χ0n) is 13.8. The van der Waals surface area contributed by atoms with Crippen molar-refractivity contribution < 1.29 is 9.47 Å². The number of nitrogens with one attached hydrogen (secondary N) is 1. The number of anilines is 1. The summed E-state index contributed by atoms with van der Waals surface area (Å²) in [4.78, 5) is 2.49. The van der Waals surface area contributed by atoms with Gasteiger partial charge in [0.25, 0.3) is 0 Å². The van der Waals surface area contributed by atoms with Gasteiger partial charge in [0.15, 0.2) is 0 Å². The number of methoxy groups -OCH3 is 1. The summed E-state index contributed by atoms with van der Waals surface area (Å²) in [5.41, 5.74) is 1.17. The lowest BCUT2D eigenvalue weighted by Crippen LogP contribution is -2.48. The second-order valence-corrected chi connectivity index (χ2v) is 6.72. The van der Waals surface area contributed by atoms with E-state index in [9.17, 15) is 0 Å². The average molecular weight is 308 g/mol. The van der Waals surface area contributed by atoms with Crippen molar-refractivity contribution in [2.45, 2.75) is 24.9 Å². The van der Waals surface area contributed by atoms with Crippen LogP contribution >= 0.6 is 0 Å². The molecule has 1 aromatic rings. The number of rotatable bonds is 6. The summed E-state index contributed by atoms with van der Waals surface area (Å²) in [5.74, 6) is 0.586. The Kier molecular flexibility index (Phi) is 5.00. The molecule has 2 fully saturated rings. The van der Waals surface area contributed by atoms with Crippen molar-refractivity contribution in [2.75, 3.05) is 51.8 Å². The van der Waals surface area contributed by atoms with Crippen molar-refractivity contribution in [1.82, 2.24) is 14.7 Å². The van der Waals surface area contributed by atoms with Crippen LogP contribution in [0.25, 0.3) is 0 Å². The highest BCUT2D eigenvalue weighted by molar-refractivity contribution is 5.37. The Morgan fingerprint density at radius 3 is 3.23 bits per heavy atom. The average Bonchev–Trinajstić information content (AvgIpc) is 3.10. The molecule has 0 saturated carbocycles. The van der Waals surface area contributed by atoms with Gasteiger partial charge in [0.05, 0.1) is 30.7 Å². The number of likely N-dealkylation sites (tertiary alicyclic amines) is 1. The van der Waals surface area contributed by atoms with Crippen LogP contribution in [0.5, 0.6) is 0 Å². The van der Waals surface area contributed by atoms with E-state index < -0.39 is 0 Å². The van der Waals surface area contributed by atoms with Gasteiger partial charge in [-0.25, -0.2) is 0 Å². The van der Waals surface area contributed by atoms with E-state index in [1.165, 1.54) is 19.4 Å². The van der Waals surface area contributed by atoms with E-state index in [1.807, 2.05) is 24.1 Å².